The van der Waals surface area contributed by atoms with Crippen LogP contribution in [0.2, 0.25) is 0 Å². The summed E-state index contributed by atoms with van der Waals surface area (Å²) in [4.78, 5) is 0. The van der Waals surface area contributed by atoms with Crippen LogP contribution in [-0.4, -0.2) is 32.5 Å². The summed E-state index contributed by atoms with van der Waals surface area (Å²) in [5.74, 6) is 1.77. The van der Waals surface area contributed by atoms with Gasteiger partial charge in [0.1, 0.15) is 12.4 Å². The number of rotatable bonds is 10. The summed E-state index contributed by atoms with van der Waals surface area (Å²) >= 11 is 1.63. The Kier molecular flexibility index (Phi) is 9.10. The third kappa shape index (κ3) is 6.56. The third-order valence-corrected chi connectivity index (χ3v) is 5.68. The first kappa shape index (κ1) is 23.8. The number of tetrazole rings is 1. The molecule has 0 atom stereocenters. The first-order valence-corrected chi connectivity index (χ1v) is 11.2. The van der Waals surface area contributed by atoms with Gasteiger partial charge in [-0.2, -0.15) is 4.68 Å². The standard InChI is InChI=1S/C24H25N5OS.ClH/c1-19-11-13-20(14-12-19)18-30-23-10-6-5-7-21(23)17-25-15-16-31-24-26-27-28-29(24)22-8-3-2-4-9-22;/h2-14,25H,15-18H2,1H3;1H. The molecule has 4 rings (SSSR count). The molecule has 0 aliphatic rings. The van der Waals surface area contributed by atoms with E-state index in [9.17, 15) is 0 Å². The fraction of sp³-hybridized carbons (Fsp3) is 0.208. The van der Waals surface area contributed by atoms with Crippen LogP contribution in [0.3, 0.4) is 0 Å². The normalized spacial score (nSPS) is 10.5. The van der Waals surface area contributed by atoms with Crippen molar-refractivity contribution in [2.75, 3.05) is 12.3 Å². The number of nitrogens with zero attached hydrogens (tertiary/aromatic N) is 4. The maximum atomic E-state index is 6.07. The van der Waals surface area contributed by atoms with Crippen LogP contribution >= 0.6 is 24.2 Å². The Labute approximate surface area is 198 Å². The molecule has 0 radical (unpaired) electrons. The molecule has 0 bridgehead atoms. The van der Waals surface area contributed by atoms with E-state index in [1.807, 2.05) is 48.5 Å². The first-order valence-electron chi connectivity index (χ1n) is 10.2. The highest BCUT2D eigenvalue weighted by Crippen LogP contribution is 2.20. The number of nitrogens with one attached hydrogen (secondary N) is 1. The zero-order valence-electron chi connectivity index (χ0n) is 17.8. The van der Waals surface area contributed by atoms with Crippen LogP contribution in [0.15, 0.2) is 84.0 Å². The summed E-state index contributed by atoms with van der Waals surface area (Å²) in [5.41, 5.74) is 4.53. The number of aryl methyl sites for hydroxylation is 1. The summed E-state index contributed by atoms with van der Waals surface area (Å²) in [6.45, 7) is 4.23. The Morgan fingerprint density at radius 1 is 0.938 bits per heavy atom. The van der Waals surface area contributed by atoms with Gasteiger partial charge in [0.05, 0.1) is 5.69 Å². The summed E-state index contributed by atoms with van der Waals surface area (Å²) in [6, 6.07) is 26.5. The quantitative estimate of drug-likeness (QED) is 0.265. The van der Waals surface area contributed by atoms with Crippen LogP contribution in [0, 0.1) is 6.92 Å². The molecule has 8 heteroatoms. The van der Waals surface area contributed by atoms with E-state index < -0.39 is 0 Å². The van der Waals surface area contributed by atoms with E-state index in [4.69, 9.17) is 4.74 Å². The van der Waals surface area contributed by atoms with E-state index in [2.05, 4.69) is 58.1 Å². The van der Waals surface area contributed by atoms with Gasteiger partial charge in [-0.1, -0.05) is 78.0 Å². The summed E-state index contributed by atoms with van der Waals surface area (Å²) in [5, 5.41) is 16.3. The Bertz CT molecular complexity index is 1090. The minimum Gasteiger partial charge on any atom is -0.489 e. The molecule has 0 amide bonds. The number of hydrogen-bond acceptors (Lipinski definition) is 6. The fourth-order valence-electron chi connectivity index (χ4n) is 3.07. The van der Waals surface area contributed by atoms with Crippen LogP contribution in [0.25, 0.3) is 5.69 Å². The molecule has 6 nitrogen and oxygen atoms in total. The van der Waals surface area contributed by atoms with Crippen LogP contribution in [0.5, 0.6) is 5.75 Å². The topological polar surface area (TPSA) is 64.9 Å². The Hall–Kier alpha value is -2.87. The number of thioether (sulfide) groups is 1. The molecule has 0 aliphatic heterocycles. The molecular formula is C24H26ClN5OS. The van der Waals surface area contributed by atoms with Crippen molar-refractivity contribution in [3.63, 3.8) is 0 Å². The van der Waals surface area contributed by atoms with E-state index in [1.165, 1.54) is 11.1 Å². The molecular weight excluding hydrogens is 442 g/mol. The number of aromatic nitrogens is 4. The number of ether oxygens (including phenoxy) is 1. The number of para-hydroxylation sites is 2. The smallest absolute Gasteiger partial charge is 0.214 e. The summed E-state index contributed by atoms with van der Waals surface area (Å²) in [7, 11) is 0. The highest BCUT2D eigenvalue weighted by Gasteiger charge is 2.08. The second kappa shape index (κ2) is 12.2. The molecule has 1 N–H and O–H groups in total. The molecule has 0 saturated carbocycles. The lowest BCUT2D eigenvalue weighted by atomic mass is 10.1. The van der Waals surface area contributed by atoms with Gasteiger partial charge in [0, 0.05) is 24.4 Å². The van der Waals surface area contributed by atoms with E-state index in [0.29, 0.717) is 6.61 Å². The SMILES string of the molecule is Cc1ccc(COc2ccccc2CNCCSc2nnnn2-c2ccccc2)cc1.Cl. The first-order chi connectivity index (χ1) is 15.3. The minimum absolute atomic E-state index is 0. The monoisotopic (exact) mass is 467 g/mol. The highest BCUT2D eigenvalue weighted by molar-refractivity contribution is 7.99. The van der Waals surface area contributed by atoms with E-state index in [-0.39, 0.29) is 12.4 Å². The predicted molar refractivity (Wildman–Crippen MR) is 131 cm³/mol. The number of hydrogen-bond donors (Lipinski definition) is 1. The van der Waals surface area contributed by atoms with Crippen LogP contribution in [0.1, 0.15) is 16.7 Å². The highest BCUT2D eigenvalue weighted by atomic mass is 35.5. The van der Waals surface area contributed by atoms with Gasteiger partial charge >= 0.3 is 0 Å². The molecule has 1 heterocycles. The van der Waals surface area contributed by atoms with Crippen molar-refractivity contribution in [2.45, 2.75) is 25.2 Å². The van der Waals surface area contributed by atoms with E-state index >= 15 is 0 Å². The lowest BCUT2D eigenvalue weighted by molar-refractivity contribution is 0.302. The van der Waals surface area contributed by atoms with Gasteiger partial charge in [-0.3, -0.25) is 0 Å². The molecule has 3 aromatic carbocycles. The van der Waals surface area contributed by atoms with Gasteiger partial charge in [0.15, 0.2) is 0 Å². The van der Waals surface area contributed by atoms with Gasteiger partial charge in [-0.15, -0.1) is 17.5 Å². The van der Waals surface area contributed by atoms with Crippen molar-refractivity contribution >= 4 is 24.2 Å². The van der Waals surface area contributed by atoms with E-state index in [1.54, 1.807) is 16.4 Å². The molecule has 0 unspecified atom stereocenters. The van der Waals surface area contributed by atoms with Gasteiger partial charge in [-0.25, -0.2) is 0 Å². The molecule has 4 aromatic rings. The second-order valence-corrected chi connectivity index (χ2v) is 8.18. The van der Waals surface area contributed by atoms with Crippen LogP contribution in [-0.2, 0) is 13.2 Å². The van der Waals surface area contributed by atoms with Crippen molar-refractivity contribution in [1.29, 1.82) is 0 Å². The lowest BCUT2D eigenvalue weighted by Gasteiger charge is -2.12. The van der Waals surface area contributed by atoms with Crippen molar-refractivity contribution in [1.82, 2.24) is 25.5 Å². The summed E-state index contributed by atoms with van der Waals surface area (Å²) in [6.07, 6.45) is 0. The molecule has 32 heavy (non-hydrogen) atoms. The largest absolute Gasteiger partial charge is 0.489 e. The molecule has 0 fully saturated rings. The van der Waals surface area contributed by atoms with E-state index in [0.717, 1.165) is 41.0 Å². The molecule has 0 aliphatic carbocycles. The number of benzene rings is 3. The van der Waals surface area contributed by atoms with Gasteiger partial charge in [0.25, 0.3) is 0 Å². The Morgan fingerprint density at radius 3 is 2.50 bits per heavy atom. The zero-order valence-corrected chi connectivity index (χ0v) is 19.5. The molecule has 166 valence electrons. The van der Waals surface area contributed by atoms with Gasteiger partial charge in [0.2, 0.25) is 5.16 Å². The average molecular weight is 468 g/mol. The molecule has 0 spiro atoms. The predicted octanol–water partition coefficient (Wildman–Crippen LogP) is 4.85. The van der Waals surface area contributed by atoms with Gasteiger partial charge < -0.3 is 10.1 Å². The van der Waals surface area contributed by atoms with Crippen molar-refractivity contribution in [3.8, 4) is 11.4 Å². The Morgan fingerprint density at radius 2 is 1.69 bits per heavy atom. The van der Waals surface area contributed by atoms with Crippen LogP contribution in [0.4, 0.5) is 0 Å². The maximum absolute atomic E-state index is 6.07. The minimum atomic E-state index is 0. The molecule has 1 aromatic heterocycles. The van der Waals surface area contributed by atoms with Crippen LogP contribution < -0.4 is 10.1 Å². The average Bonchev–Trinajstić information content (AvgIpc) is 3.28. The lowest BCUT2D eigenvalue weighted by Crippen LogP contribution is -2.17. The fourth-order valence-corrected chi connectivity index (χ4v) is 3.86. The Balaban J connectivity index is 0.00000289. The third-order valence-electron chi connectivity index (χ3n) is 4.75. The molecule has 0 saturated heterocycles. The van der Waals surface area contributed by atoms with Gasteiger partial charge in [-0.05, 0) is 41.1 Å². The number of halogens is 1. The van der Waals surface area contributed by atoms with Crippen molar-refractivity contribution < 1.29 is 4.74 Å². The van der Waals surface area contributed by atoms with Crippen molar-refractivity contribution in [3.05, 3.63) is 95.6 Å². The maximum Gasteiger partial charge on any atom is 0.214 e. The zero-order chi connectivity index (χ0) is 21.3. The summed E-state index contributed by atoms with van der Waals surface area (Å²) < 4.78 is 7.83. The van der Waals surface area contributed by atoms with Crippen molar-refractivity contribution in [2.24, 2.45) is 0 Å². The second-order valence-electron chi connectivity index (χ2n) is 7.12.